The van der Waals surface area contributed by atoms with Crippen LogP contribution < -0.4 is 0 Å². The number of hydrogen-bond donors (Lipinski definition) is 1. The normalized spacial score (nSPS) is 31.3. The first-order valence-corrected chi connectivity index (χ1v) is 8.55. The second kappa shape index (κ2) is 7.59. The highest BCUT2D eigenvalue weighted by atomic mass is 16.5. The fourth-order valence-electron chi connectivity index (χ4n) is 3.97. The number of ether oxygens (including phenoxy) is 1. The summed E-state index contributed by atoms with van der Waals surface area (Å²) in [7, 11) is 1.73. The van der Waals surface area contributed by atoms with Crippen molar-refractivity contribution in [3.8, 4) is 0 Å². The summed E-state index contributed by atoms with van der Waals surface area (Å²) in [4.78, 5) is 14.1. The van der Waals surface area contributed by atoms with E-state index in [4.69, 9.17) is 4.74 Å². The van der Waals surface area contributed by atoms with E-state index in [1.165, 1.54) is 19.3 Å². The highest BCUT2D eigenvalue weighted by Gasteiger charge is 2.42. The summed E-state index contributed by atoms with van der Waals surface area (Å²) in [6.07, 6.45) is 6.70. The molecular formula is C17H31NO3. The summed E-state index contributed by atoms with van der Waals surface area (Å²) in [5.41, 5.74) is 0. The van der Waals surface area contributed by atoms with E-state index >= 15 is 0 Å². The molecule has 0 aliphatic heterocycles. The molecule has 0 bridgehead atoms. The van der Waals surface area contributed by atoms with Gasteiger partial charge in [-0.1, -0.05) is 13.3 Å². The van der Waals surface area contributed by atoms with Gasteiger partial charge in [-0.25, -0.2) is 0 Å². The smallest absolute Gasteiger partial charge is 0.308 e. The average molecular weight is 297 g/mol. The number of nitrogens with zero attached hydrogens (tertiary/aromatic N) is 1. The number of carboxylic acid groups (broad SMARTS) is 1. The van der Waals surface area contributed by atoms with Crippen LogP contribution in [0, 0.1) is 17.8 Å². The molecule has 0 heterocycles. The van der Waals surface area contributed by atoms with Crippen molar-refractivity contribution in [1.82, 2.24) is 4.90 Å². The van der Waals surface area contributed by atoms with Gasteiger partial charge in [0.05, 0.1) is 12.5 Å². The largest absolute Gasteiger partial charge is 0.481 e. The predicted octanol–water partition coefficient (Wildman–Crippen LogP) is 3.01. The highest BCUT2D eigenvalue weighted by Crippen LogP contribution is 2.40. The van der Waals surface area contributed by atoms with Gasteiger partial charge < -0.3 is 9.84 Å². The van der Waals surface area contributed by atoms with Gasteiger partial charge in [-0.05, 0) is 50.9 Å². The van der Waals surface area contributed by atoms with Gasteiger partial charge in [0.15, 0.2) is 0 Å². The van der Waals surface area contributed by atoms with Gasteiger partial charge in [0, 0.05) is 25.7 Å². The maximum Gasteiger partial charge on any atom is 0.308 e. The maximum atomic E-state index is 11.7. The summed E-state index contributed by atoms with van der Waals surface area (Å²) in [6, 6.07) is 0.676. The minimum Gasteiger partial charge on any atom is -0.481 e. The Balaban J connectivity index is 2.12. The zero-order chi connectivity index (χ0) is 15.4. The van der Waals surface area contributed by atoms with Crippen molar-refractivity contribution >= 4 is 5.97 Å². The van der Waals surface area contributed by atoms with Crippen LogP contribution in [-0.2, 0) is 9.53 Å². The van der Waals surface area contributed by atoms with Gasteiger partial charge in [-0.3, -0.25) is 9.69 Å². The average Bonchev–Trinajstić information content (AvgIpc) is 3.31. The van der Waals surface area contributed by atoms with Crippen molar-refractivity contribution in [3.05, 3.63) is 0 Å². The van der Waals surface area contributed by atoms with Crippen LogP contribution in [0.5, 0.6) is 0 Å². The van der Waals surface area contributed by atoms with Gasteiger partial charge in [-0.2, -0.15) is 0 Å². The molecule has 2 saturated carbocycles. The Kier molecular flexibility index (Phi) is 6.06. The van der Waals surface area contributed by atoms with Gasteiger partial charge in [-0.15, -0.1) is 0 Å². The van der Waals surface area contributed by atoms with Crippen LogP contribution in [0.4, 0.5) is 0 Å². The lowest BCUT2D eigenvalue weighted by molar-refractivity contribution is -0.147. The number of carboxylic acids is 1. The standard InChI is InChI=1S/C17H31NO3/c1-4-13-5-8-15(17(19)20)16(11-13)18(9-10-21-3)12(2)14-6-7-14/h12-16H,4-11H2,1-3H3,(H,19,20). The summed E-state index contributed by atoms with van der Waals surface area (Å²) in [5.74, 6) is 0.631. The van der Waals surface area contributed by atoms with Crippen LogP contribution in [0.15, 0.2) is 0 Å². The molecule has 2 aliphatic rings. The number of hydrogen-bond acceptors (Lipinski definition) is 3. The molecule has 2 rings (SSSR count). The second-order valence-electron chi connectivity index (χ2n) is 6.91. The van der Waals surface area contributed by atoms with E-state index in [0.29, 0.717) is 18.6 Å². The highest BCUT2D eigenvalue weighted by molar-refractivity contribution is 5.71. The number of carbonyl (C=O) groups is 1. The minimum atomic E-state index is -0.611. The molecule has 0 saturated heterocycles. The first-order valence-electron chi connectivity index (χ1n) is 8.55. The quantitative estimate of drug-likeness (QED) is 0.748. The van der Waals surface area contributed by atoms with E-state index < -0.39 is 5.97 Å². The van der Waals surface area contributed by atoms with Crippen LogP contribution in [-0.4, -0.2) is 48.3 Å². The molecule has 4 unspecified atom stereocenters. The third kappa shape index (κ3) is 4.19. The van der Waals surface area contributed by atoms with Gasteiger partial charge in [0.2, 0.25) is 0 Å². The Labute approximate surface area is 128 Å². The summed E-state index contributed by atoms with van der Waals surface area (Å²) in [6.45, 7) is 6.06. The minimum absolute atomic E-state index is 0.187. The molecule has 0 spiro atoms. The Hall–Kier alpha value is -0.610. The molecule has 2 fully saturated rings. The first-order chi connectivity index (χ1) is 10.1. The van der Waals surface area contributed by atoms with E-state index in [-0.39, 0.29) is 12.0 Å². The fraction of sp³-hybridized carbons (Fsp3) is 0.941. The van der Waals surface area contributed by atoms with E-state index in [2.05, 4.69) is 18.7 Å². The van der Waals surface area contributed by atoms with E-state index in [9.17, 15) is 9.90 Å². The monoisotopic (exact) mass is 297 g/mol. The lowest BCUT2D eigenvalue weighted by Crippen LogP contribution is -2.52. The first kappa shape index (κ1) is 16.8. The van der Waals surface area contributed by atoms with Crippen LogP contribution in [0.2, 0.25) is 0 Å². The second-order valence-corrected chi connectivity index (χ2v) is 6.91. The molecule has 4 atom stereocenters. The SMILES string of the molecule is CCC1CCC(C(=O)O)C(N(CCOC)C(C)C2CC2)C1. The molecule has 21 heavy (non-hydrogen) atoms. The molecule has 4 heteroatoms. The van der Waals surface area contributed by atoms with Crippen LogP contribution in [0.1, 0.15) is 52.4 Å². The molecule has 0 aromatic carbocycles. The van der Waals surface area contributed by atoms with E-state index in [1.807, 2.05) is 0 Å². The van der Waals surface area contributed by atoms with Crippen molar-refractivity contribution in [3.63, 3.8) is 0 Å². The Bertz CT molecular complexity index is 343. The third-order valence-electron chi connectivity index (χ3n) is 5.63. The molecule has 1 N–H and O–H groups in total. The van der Waals surface area contributed by atoms with Gasteiger partial charge in [0.25, 0.3) is 0 Å². The fourth-order valence-corrected chi connectivity index (χ4v) is 3.97. The molecule has 0 radical (unpaired) electrons. The van der Waals surface area contributed by atoms with Crippen molar-refractivity contribution in [1.29, 1.82) is 0 Å². The molecule has 122 valence electrons. The van der Waals surface area contributed by atoms with Gasteiger partial charge >= 0.3 is 5.97 Å². The van der Waals surface area contributed by atoms with Crippen LogP contribution in [0.3, 0.4) is 0 Å². The topological polar surface area (TPSA) is 49.8 Å². The molecule has 4 nitrogen and oxygen atoms in total. The lowest BCUT2D eigenvalue weighted by atomic mass is 9.76. The van der Waals surface area contributed by atoms with Crippen LogP contribution in [0.25, 0.3) is 0 Å². The molecular weight excluding hydrogens is 266 g/mol. The predicted molar refractivity (Wildman–Crippen MR) is 83.3 cm³/mol. The molecule has 0 aromatic heterocycles. The maximum absolute atomic E-state index is 11.7. The van der Waals surface area contributed by atoms with Gasteiger partial charge in [0.1, 0.15) is 0 Å². The number of aliphatic carboxylic acids is 1. The van der Waals surface area contributed by atoms with Crippen molar-refractivity contribution < 1.29 is 14.6 Å². The Morgan fingerprint density at radius 3 is 2.57 bits per heavy atom. The molecule has 2 aliphatic carbocycles. The zero-order valence-corrected chi connectivity index (χ0v) is 13.8. The number of methoxy groups -OCH3 is 1. The van der Waals surface area contributed by atoms with Crippen LogP contribution >= 0.6 is 0 Å². The lowest BCUT2D eigenvalue weighted by Gasteiger charge is -2.44. The summed E-state index contributed by atoms with van der Waals surface area (Å²) in [5, 5.41) is 9.62. The Morgan fingerprint density at radius 2 is 2.05 bits per heavy atom. The van der Waals surface area contributed by atoms with Crippen molar-refractivity contribution in [2.45, 2.75) is 64.5 Å². The van der Waals surface area contributed by atoms with E-state index in [1.54, 1.807) is 7.11 Å². The molecule has 0 aromatic rings. The summed E-state index contributed by atoms with van der Waals surface area (Å²) < 4.78 is 5.27. The molecule has 0 amide bonds. The van der Waals surface area contributed by atoms with E-state index in [0.717, 1.165) is 31.7 Å². The third-order valence-corrected chi connectivity index (χ3v) is 5.63. The number of rotatable bonds is 8. The zero-order valence-electron chi connectivity index (χ0n) is 13.8. The Morgan fingerprint density at radius 1 is 1.33 bits per heavy atom. The summed E-state index contributed by atoms with van der Waals surface area (Å²) >= 11 is 0. The van der Waals surface area contributed by atoms with Crippen molar-refractivity contribution in [2.75, 3.05) is 20.3 Å². The van der Waals surface area contributed by atoms with Crippen molar-refractivity contribution in [2.24, 2.45) is 17.8 Å².